The number of aliphatic imine (C=N–C) groups is 1. The van der Waals surface area contributed by atoms with Gasteiger partial charge in [0.2, 0.25) is 5.95 Å². The number of aromatic nitrogens is 2. The van der Waals surface area contributed by atoms with Crippen molar-refractivity contribution in [2.75, 3.05) is 24.3 Å². The average molecular weight is 486 g/mol. The zero-order valence-corrected chi connectivity index (χ0v) is 20.0. The lowest BCUT2D eigenvalue weighted by Crippen LogP contribution is -2.15. The van der Waals surface area contributed by atoms with Crippen molar-refractivity contribution >= 4 is 50.8 Å². The molecule has 1 aliphatic rings. The van der Waals surface area contributed by atoms with Crippen LogP contribution >= 0.6 is 11.6 Å². The molecule has 2 heterocycles. The van der Waals surface area contributed by atoms with E-state index in [4.69, 9.17) is 16.3 Å². The fourth-order valence-electron chi connectivity index (χ4n) is 3.43. The van der Waals surface area contributed by atoms with Crippen molar-refractivity contribution in [1.82, 2.24) is 9.97 Å². The monoisotopic (exact) mass is 485 g/mol. The fraction of sp³-hybridized carbons (Fsp3) is 0.261. The minimum absolute atomic E-state index is 0.183. The molecule has 0 saturated carbocycles. The number of para-hydroxylation sites is 1. The zero-order valence-electron chi connectivity index (χ0n) is 18.5. The molecule has 0 saturated heterocycles. The molecule has 2 N–H and O–H groups in total. The highest BCUT2D eigenvalue weighted by Crippen LogP contribution is 2.33. The van der Waals surface area contributed by atoms with Crippen LogP contribution < -0.4 is 15.4 Å². The van der Waals surface area contributed by atoms with Gasteiger partial charge in [0.05, 0.1) is 34.8 Å². The van der Waals surface area contributed by atoms with E-state index in [9.17, 15) is 8.42 Å². The Labute approximate surface area is 198 Å². The standard InChI is InChI=1S/C23H24ClN5O3S/c1-14(2)33(30,31)21-7-5-4-6-18(21)27-22-17(24)13-26-23(29-22)28-19-10-15-8-9-25-12-16(15)11-20(19)32-3/h4-7,10-14H,8-9H2,1-3H3,(H2,26,27,28,29). The van der Waals surface area contributed by atoms with Gasteiger partial charge in [-0.25, -0.2) is 13.4 Å². The lowest BCUT2D eigenvalue weighted by atomic mass is 10.0. The van der Waals surface area contributed by atoms with Crippen LogP contribution in [0.25, 0.3) is 0 Å². The van der Waals surface area contributed by atoms with Crippen LogP contribution in [0, 0.1) is 0 Å². The van der Waals surface area contributed by atoms with Gasteiger partial charge in [-0.3, -0.25) is 4.99 Å². The summed E-state index contributed by atoms with van der Waals surface area (Å²) in [6.07, 6.45) is 4.13. The van der Waals surface area contributed by atoms with Crippen LogP contribution in [-0.2, 0) is 16.3 Å². The Hall–Kier alpha value is -3.17. The molecule has 33 heavy (non-hydrogen) atoms. The summed E-state index contributed by atoms with van der Waals surface area (Å²) < 4.78 is 31.1. The average Bonchev–Trinajstić information content (AvgIpc) is 2.81. The van der Waals surface area contributed by atoms with E-state index in [1.165, 1.54) is 6.20 Å². The first kappa shape index (κ1) is 23.0. The number of benzene rings is 2. The third kappa shape index (κ3) is 4.79. The van der Waals surface area contributed by atoms with E-state index in [1.807, 2.05) is 18.3 Å². The van der Waals surface area contributed by atoms with Crippen molar-refractivity contribution in [2.24, 2.45) is 4.99 Å². The smallest absolute Gasteiger partial charge is 0.229 e. The van der Waals surface area contributed by atoms with Crippen molar-refractivity contribution in [3.8, 4) is 5.75 Å². The van der Waals surface area contributed by atoms with Crippen molar-refractivity contribution < 1.29 is 13.2 Å². The van der Waals surface area contributed by atoms with Crippen LogP contribution in [0.5, 0.6) is 5.75 Å². The Bertz CT molecular complexity index is 1330. The summed E-state index contributed by atoms with van der Waals surface area (Å²) in [5, 5.41) is 5.92. The van der Waals surface area contributed by atoms with E-state index in [1.54, 1.807) is 45.2 Å². The number of anilines is 4. The minimum Gasteiger partial charge on any atom is -0.495 e. The predicted octanol–water partition coefficient (Wildman–Crippen LogP) is 4.78. The molecule has 3 aromatic rings. The maximum atomic E-state index is 12.8. The second kappa shape index (κ2) is 9.36. The topological polar surface area (TPSA) is 106 Å². The number of ether oxygens (including phenoxy) is 1. The van der Waals surface area contributed by atoms with E-state index in [0.717, 1.165) is 24.1 Å². The first-order valence-electron chi connectivity index (χ1n) is 10.4. The second-order valence-electron chi connectivity index (χ2n) is 7.77. The molecule has 1 aliphatic heterocycles. The molecule has 0 fully saturated rings. The minimum atomic E-state index is -3.51. The third-order valence-electron chi connectivity index (χ3n) is 5.26. The molecule has 172 valence electrons. The Morgan fingerprint density at radius 3 is 2.67 bits per heavy atom. The SMILES string of the molecule is COc1cc2c(cc1Nc1ncc(Cl)c(Nc3ccccc3S(=O)(=O)C(C)C)n1)CCN=C2. The third-order valence-corrected chi connectivity index (χ3v) is 7.75. The number of nitrogens with one attached hydrogen (secondary N) is 2. The summed E-state index contributed by atoms with van der Waals surface area (Å²) >= 11 is 6.33. The molecule has 0 unspecified atom stereocenters. The summed E-state index contributed by atoms with van der Waals surface area (Å²) in [6.45, 7) is 4.02. The predicted molar refractivity (Wildman–Crippen MR) is 132 cm³/mol. The molecular weight excluding hydrogens is 462 g/mol. The van der Waals surface area contributed by atoms with Gasteiger partial charge in [0, 0.05) is 12.8 Å². The lowest BCUT2D eigenvalue weighted by molar-refractivity contribution is 0.416. The van der Waals surface area contributed by atoms with Crippen LogP contribution in [0.2, 0.25) is 5.02 Å². The van der Waals surface area contributed by atoms with E-state index in [2.05, 4.69) is 25.6 Å². The molecule has 4 rings (SSSR count). The van der Waals surface area contributed by atoms with Crippen LogP contribution in [0.4, 0.5) is 23.1 Å². The maximum Gasteiger partial charge on any atom is 0.229 e. The summed E-state index contributed by atoms with van der Waals surface area (Å²) in [4.78, 5) is 13.2. The lowest BCUT2D eigenvalue weighted by Gasteiger charge is -2.17. The molecule has 0 radical (unpaired) electrons. The number of halogens is 1. The largest absolute Gasteiger partial charge is 0.495 e. The maximum absolute atomic E-state index is 12.8. The van der Waals surface area contributed by atoms with Gasteiger partial charge in [-0.05, 0) is 55.7 Å². The Kier molecular flexibility index (Phi) is 6.53. The molecule has 2 aromatic carbocycles. The Morgan fingerprint density at radius 2 is 1.91 bits per heavy atom. The van der Waals surface area contributed by atoms with E-state index in [0.29, 0.717) is 17.1 Å². The summed E-state index contributed by atoms with van der Waals surface area (Å²) in [6, 6.07) is 10.6. The van der Waals surface area contributed by atoms with Crippen molar-refractivity contribution in [1.29, 1.82) is 0 Å². The van der Waals surface area contributed by atoms with Gasteiger partial charge >= 0.3 is 0 Å². The molecule has 0 amide bonds. The summed E-state index contributed by atoms with van der Waals surface area (Å²) in [7, 11) is -1.92. The Morgan fingerprint density at radius 1 is 1.12 bits per heavy atom. The molecule has 0 spiro atoms. The van der Waals surface area contributed by atoms with Gasteiger partial charge in [0.25, 0.3) is 0 Å². The quantitative estimate of drug-likeness (QED) is 0.496. The zero-order chi connectivity index (χ0) is 23.6. The number of methoxy groups -OCH3 is 1. The number of hydrogen-bond acceptors (Lipinski definition) is 8. The highest BCUT2D eigenvalue weighted by atomic mass is 35.5. The van der Waals surface area contributed by atoms with Gasteiger partial charge in [-0.15, -0.1) is 0 Å². The number of fused-ring (bicyclic) bond motifs is 1. The first-order chi connectivity index (χ1) is 15.8. The first-order valence-corrected chi connectivity index (χ1v) is 12.3. The van der Waals surface area contributed by atoms with Gasteiger partial charge in [0.1, 0.15) is 10.8 Å². The van der Waals surface area contributed by atoms with Crippen molar-refractivity contribution in [2.45, 2.75) is 30.4 Å². The highest BCUT2D eigenvalue weighted by molar-refractivity contribution is 7.92. The van der Waals surface area contributed by atoms with E-state index >= 15 is 0 Å². The van der Waals surface area contributed by atoms with Crippen molar-refractivity contribution in [3.63, 3.8) is 0 Å². The van der Waals surface area contributed by atoms with Crippen LogP contribution in [-0.4, -0.2) is 43.5 Å². The van der Waals surface area contributed by atoms with Crippen LogP contribution in [0.3, 0.4) is 0 Å². The van der Waals surface area contributed by atoms with Gasteiger partial charge < -0.3 is 15.4 Å². The molecule has 1 aromatic heterocycles. The number of hydrogen-bond donors (Lipinski definition) is 2. The fourth-order valence-corrected chi connectivity index (χ4v) is 4.77. The van der Waals surface area contributed by atoms with Crippen molar-refractivity contribution in [3.05, 3.63) is 58.7 Å². The molecule has 8 nitrogen and oxygen atoms in total. The normalized spacial score (nSPS) is 13.0. The van der Waals surface area contributed by atoms with Crippen LogP contribution in [0.15, 0.2) is 52.5 Å². The number of nitrogens with zero attached hydrogens (tertiary/aromatic N) is 3. The number of rotatable bonds is 7. The Balaban J connectivity index is 1.67. The van der Waals surface area contributed by atoms with Gasteiger partial charge in [-0.1, -0.05) is 23.7 Å². The summed E-state index contributed by atoms with van der Waals surface area (Å²) in [5.41, 5.74) is 3.27. The van der Waals surface area contributed by atoms with Crippen LogP contribution in [0.1, 0.15) is 25.0 Å². The molecule has 0 bridgehead atoms. The molecule has 10 heteroatoms. The molecule has 0 aliphatic carbocycles. The second-order valence-corrected chi connectivity index (χ2v) is 10.6. The highest BCUT2D eigenvalue weighted by Gasteiger charge is 2.23. The summed E-state index contributed by atoms with van der Waals surface area (Å²) in [5.74, 6) is 1.20. The molecule has 0 atom stereocenters. The van der Waals surface area contributed by atoms with E-state index < -0.39 is 15.1 Å². The molecular formula is C23H24ClN5O3S. The van der Waals surface area contributed by atoms with E-state index in [-0.39, 0.29) is 21.7 Å². The number of sulfone groups is 1. The van der Waals surface area contributed by atoms with Gasteiger partial charge in [-0.2, -0.15) is 4.98 Å². The van der Waals surface area contributed by atoms with Gasteiger partial charge in [0.15, 0.2) is 15.7 Å².